The SMILES string of the molecule is COCc1nc(C2(c3ccccc3)CC2)sc1CN. The summed E-state index contributed by atoms with van der Waals surface area (Å²) >= 11 is 1.75. The molecule has 1 aromatic carbocycles. The highest BCUT2D eigenvalue weighted by atomic mass is 32.1. The topological polar surface area (TPSA) is 48.1 Å². The number of methoxy groups -OCH3 is 1. The molecule has 2 N–H and O–H groups in total. The molecule has 0 radical (unpaired) electrons. The van der Waals surface area contributed by atoms with Crippen molar-refractivity contribution in [3.63, 3.8) is 0 Å². The first-order chi connectivity index (χ1) is 9.30. The molecule has 0 spiro atoms. The quantitative estimate of drug-likeness (QED) is 0.912. The van der Waals surface area contributed by atoms with Crippen molar-refractivity contribution in [2.45, 2.75) is 31.4 Å². The van der Waals surface area contributed by atoms with Crippen LogP contribution in [0.15, 0.2) is 30.3 Å². The average Bonchev–Trinajstić information content (AvgIpc) is 3.17. The van der Waals surface area contributed by atoms with Crippen LogP contribution in [0.4, 0.5) is 0 Å². The molecule has 0 amide bonds. The molecule has 1 heterocycles. The van der Waals surface area contributed by atoms with Gasteiger partial charge in [-0.15, -0.1) is 11.3 Å². The Balaban J connectivity index is 1.98. The molecule has 2 aromatic rings. The zero-order chi connectivity index (χ0) is 13.3. The standard InChI is InChI=1S/C15H18N2OS/c1-18-10-12-13(9-16)19-14(17-12)15(7-8-15)11-5-3-2-4-6-11/h2-6H,7-10,16H2,1H3. The number of rotatable bonds is 5. The van der Waals surface area contributed by atoms with Gasteiger partial charge in [0, 0.05) is 23.9 Å². The van der Waals surface area contributed by atoms with Crippen molar-refractivity contribution in [2.24, 2.45) is 5.73 Å². The van der Waals surface area contributed by atoms with Gasteiger partial charge >= 0.3 is 0 Å². The Morgan fingerprint density at radius 1 is 1.32 bits per heavy atom. The van der Waals surface area contributed by atoms with Crippen LogP contribution >= 0.6 is 11.3 Å². The number of hydrogen-bond acceptors (Lipinski definition) is 4. The van der Waals surface area contributed by atoms with Crippen LogP contribution in [0.2, 0.25) is 0 Å². The van der Waals surface area contributed by atoms with Gasteiger partial charge in [-0.05, 0) is 18.4 Å². The maximum Gasteiger partial charge on any atom is 0.104 e. The molecule has 19 heavy (non-hydrogen) atoms. The Morgan fingerprint density at radius 3 is 2.63 bits per heavy atom. The second-order valence-electron chi connectivity index (χ2n) is 4.97. The highest BCUT2D eigenvalue weighted by Gasteiger charge is 2.48. The third kappa shape index (κ3) is 2.20. The second-order valence-corrected chi connectivity index (χ2v) is 6.06. The van der Waals surface area contributed by atoms with E-state index in [9.17, 15) is 0 Å². The van der Waals surface area contributed by atoms with Crippen molar-refractivity contribution < 1.29 is 4.74 Å². The Hall–Kier alpha value is -1.23. The van der Waals surface area contributed by atoms with Crippen LogP contribution in [0, 0.1) is 0 Å². The second kappa shape index (κ2) is 5.04. The lowest BCUT2D eigenvalue weighted by molar-refractivity contribution is 0.181. The van der Waals surface area contributed by atoms with Gasteiger partial charge in [0.2, 0.25) is 0 Å². The highest BCUT2D eigenvalue weighted by molar-refractivity contribution is 7.12. The summed E-state index contributed by atoms with van der Waals surface area (Å²) in [6, 6.07) is 10.7. The van der Waals surface area contributed by atoms with Crippen molar-refractivity contribution in [1.29, 1.82) is 0 Å². The molecular formula is C15H18N2OS. The molecule has 3 nitrogen and oxygen atoms in total. The van der Waals surface area contributed by atoms with Gasteiger partial charge in [-0.3, -0.25) is 0 Å². The third-order valence-electron chi connectivity index (χ3n) is 3.73. The Labute approximate surface area is 117 Å². The molecule has 100 valence electrons. The summed E-state index contributed by atoms with van der Waals surface area (Å²) in [6.07, 6.45) is 2.36. The van der Waals surface area contributed by atoms with Crippen molar-refractivity contribution in [2.75, 3.05) is 7.11 Å². The van der Waals surface area contributed by atoms with E-state index in [0.29, 0.717) is 13.2 Å². The van der Waals surface area contributed by atoms with Gasteiger partial charge in [0.1, 0.15) is 5.01 Å². The summed E-state index contributed by atoms with van der Waals surface area (Å²) in [5.41, 5.74) is 8.33. The molecule has 1 fully saturated rings. The lowest BCUT2D eigenvalue weighted by atomic mass is 9.97. The van der Waals surface area contributed by atoms with Crippen LogP contribution in [0.5, 0.6) is 0 Å². The van der Waals surface area contributed by atoms with E-state index in [1.807, 2.05) is 0 Å². The predicted molar refractivity (Wildman–Crippen MR) is 77.2 cm³/mol. The summed E-state index contributed by atoms with van der Waals surface area (Å²) in [6.45, 7) is 1.09. The number of ether oxygens (including phenoxy) is 1. The van der Waals surface area contributed by atoms with E-state index in [4.69, 9.17) is 15.5 Å². The minimum absolute atomic E-state index is 0.141. The van der Waals surface area contributed by atoms with Crippen molar-refractivity contribution >= 4 is 11.3 Å². The summed E-state index contributed by atoms with van der Waals surface area (Å²) in [5, 5.41) is 1.20. The van der Waals surface area contributed by atoms with Gasteiger partial charge in [-0.25, -0.2) is 4.98 Å². The molecule has 0 saturated heterocycles. The van der Waals surface area contributed by atoms with E-state index >= 15 is 0 Å². The maximum atomic E-state index is 5.81. The van der Waals surface area contributed by atoms with Gasteiger partial charge in [0.15, 0.2) is 0 Å². The normalized spacial score (nSPS) is 16.5. The average molecular weight is 274 g/mol. The largest absolute Gasteiger partial charge is 0.378 e. The number of thiazole rings is 1. The van der Waals surface area contributed by atoms with Crippen LogP contribution < -0.4 is 5.73 Å². The van der Waals surface area contributed by atoms with E-state index in [1.54, 1.807) is 18.4 Å². The van der Waals surface area contributed by atoms with Gasteiger partial charge in [-0.1, -0.05) is 30.3 Å². The van der Waals surface area contributed by atoms with E-state index in [0.717, 1.165) is 10.6 Å². The number of aromatic nitrogens is 1. The third-order valence-corrected chi connectivity index (χ3v) is 5.05. The van der Waals surface area contributed by atoms with E-state index in [2.05, 4.69) is 30.3 Å². The fourth-order valence-electron chi connectivity index (χ4n) is 2.51. The first kappa shape index (κ1) is 12.8. The lowest BCUT2D eigenvalue weighted by Crippen LogP contribution is -2.08. The predicted octanol–water partition coefficient (Wildman–Crippen LogP) is 2.83. The zero-order valence-electron chi connectivity index (χ0n) is 11.1. The van der Waals surface area contributed by atoms with E-state index in [1.165, 1.54) is 23.4 Å². The van der Waals surface area contributed by atoms with Gasteiger partial charge < -0.3 is 10.5 Å². The number of nitrogens with two attached hydrogens (primary N) is 1. The molecule has 1 saturated carbocycles. The molecule has 0 atom stereocenters. The smallest absolute Gasteiger partial charge is 0.104 e. The molecule has 3 rings (SSSR count). The van der Waals surface area contributed by atoms with Crippen molar-refractivity contribution in [3.8, 4) is 0 Å². The van der Waals surface area contributed by atoms with Crippen LogP contribution in [-0.4, -0.2) is 12.1 Å². The number of nitrogens with zero attached hydrogens (tertiary/aromatic N) is 1. The summed E-state index contributed by atoms with van der Waals surface area (Å²) in [4.78, 5) is 5.95. The molecule has 1 aliphatic carbocycles. The van der Waals surface area contributed by atoms with Crippen molar-refractivity contribution in [3.05, 3.63) is 51.5 Å². The fraction of sp³-hybridized carbons (Fsp3) is 0.400. The Morgan fingerprint density at radius 2 is 2.05 bits per heavy atom. The maximum absolute atomic E-state index is 5.81. The van der Waals surface area contributed by atoms with Gasteiger partial charge in [-0.2, -0.15) is 0 Å². The molecule has 0 unspecified atom stereocenters. The minimum Gasteiger partial charge on any atom is -0.378 e. The monoisotopic (exact) mass is 274 g/mol. The molecule has 0 bridgehead atoms. The Kier molecular flexibility index (Phi) is 3.39. The molecule has 1 aliphatic rings. The van der Waals surface area contributed by atoms with Crippen LogP contribution in [0.3, 0.4) is 0 Å². The first-order valence-corrected chi connectivity index (χ1v) is 7.35. The number of benzene rings is 1. The summed E-state index contributed by atoms with van der Waals surface area (Å²) in [7, 11) is 1.70. The van der Waals surface area contributed by atoms with Crippen LogP contribution in [-0.2, 0) is 23.3 Å². The summed E-state index contributed by atoms with van der Waals surface area (Å²) in [5.74, 6) is 0. The van der Waals surface area contributed by atoms with Gasteiger partial charge in [0.25, 0.3) is 0 Å². The zero-order valence-corrected chi connectivity index (χ0v) is 11.9. The highest BCUT2D eigenvalue weighted by Crippen LogP contribution is 2.54. The molecule has 4 heteroatoms. The van der Waals surface area contributed by atoms with E-state index < -0.39 is 0 Å². The van der Waals surface area contributed by atoms with Crippen molar-refractivity contribution in [1.82, 2.24) is 4.98 Å². The van der Waals surface area contributed by atoms with Crippen LogP contribution in [0.1, 0.15) is 34.0 Å². The molecule has 1 aromatic heterocycles. The summed E-state index contributed by atoms with van der Waals surface area (Å²) < 4.78 is 5.21. The van der Waals surface area contributed by atoms with Crippen LogP contribution in [0.25, 0.3) is 0 Å². The van der Waals surface area contributed by atoms with Gasteiger partial charge in [0.05, 0.1) is 12.3 Å². The first-order valence-electron chi connectivity index (χ1n) is 6.54. The lowest BCUT2D eigenvalue weighted by Gasteiger charge is -2.12. The molecular weight excluding hydrogens is 256 g/mol. The number of hydrogen-bond donors (Lipinski definition) is 1. The molecule has 0 aliphatic heterocycles. The Bertz CT molecular complexity index is 561. The fourth-order valence-corrected chi connectivity index (χ4v) is 3.72. The van der Waals surface area contributed by atoms with E-state index in [-0.39, 0.29) is 5.41 Å². The minimum atomic E-state index is 0.141.